The molecular weight excluding hydrogens is 243 g/mol. The van der Waals surface area contributed by atoms with Crippen LogP contribution in [-0.2, 0) is 8.87 Å². The van der Waals surface area contributed by atoms with Crippen LogP contribution in [0, 0.1) is 0 Å². The quantitative estimate of drug-likeness (QED) is 0.667. The molecule has 0 radical (unpaired) electrons. The second kappa shape index (κ2) is 9.88. The van der Waals surface area contributed by atoms with Crippen LogP contribution in [0.15, 0.2) is 0 Å². The van der Waals surface area contributed by atoms with Gasteiger partial charge in [0.05, 0.1) is 5.75 Å². The van der Waals surface area contributed by atoms with E-state index in [2.05, 4.69) is 0 Å². The van der Waals surface area contributed by atoms with Crippen LogP contribution in [0.1, 0.15) is 0 Å². The highest BCUT2D eigenvalue weighted by Crippen LogP contribution is 2.10. The molecule has 0 rings (SSSR count). The molecule has 0 saturated heterocycles. The van der Waals surface area contributed by atoms with Crippen molar-refractivity contribution in [3.8, 4) is 0 Å². The van der Waals surface area contributed by atoms with Gasteiger partial charge in [0.25, 0.3) is 0 Å². The number of halogens is 2. The van der Waals surface area contributed by atoms with Crippen molar-refractivity contribution < 1.29 is 8.42 Å². The van der Waals surface area contributed by atoms with Gasteiger partial charge in [-0.1, -0.05) is 0 Å². The first kappa shape index (κ1) is 18.6. The smallest absolute Gasteiger partial charge is 0.202 e. The Morgan fingerprint density at radius 3 is 1.92 bits per heavy atom. The van der Waals surface area contributed by atoms with Crippen LogP contribution < -0.4 is 11.5 Å². The van der Waals surface area contributed by atoms with Crippen molar-refractivity contribution in [1.82, 2.24) is 0 Å². The van der Waals surface area contributed by atoms with Crippen molar-refractivity contribution in [2.24, 2.45) is 11.5 Å². The van der Waals surface area contributed by atoms with E-state index in [0.29, 0.717) is 12.3 Å². The van der Waals surface area contributed by atoms with Gasteiger partial charge in [0.1, 0.15) is 0 Å². The average molecular weight is 257 g/mol. The Morgan fingerprint density at radius 1 is 1.08 bits per heavy atom. The zero-order valence-corrected chi connectivity index (χ0v) is 9.70. The molecule has 12 heavy (non-hydrogen) atoms. The Bertz CT molecular complexity index is 174. The summed E-state index contributed by atoms with van der Waals surface area (Å²) in [5.74, 6) is 0.486. The van der Waals surface area contributed by atoms with E-state index >= 15 is 0 Å². The predicted molar refractivity (Wildman–Crippen MR) is 58.8 cm³/mol. The molecule has 0 atom stereocenters. The van der Waals surface area contributed by atoms with Crippen molar-refractivity contribution >= 4 is 44.5 Å². The summed E-state index contributed by atoms with van der Waals surface area (Å²) < 4.78 is 21.6. The molecule has 0 fully saturated rings. The van der Waals surface area contributed by atoms with Gasteiger partial charge in [0.2, 0.25) is 8.87 Å². The second-order valence-electron chi connectivity index (χ2n) is 1.66. The largest absolute Gasteiger partial charge is 0.330 e. The molecule has 0 bridgehead atoms. The summed E-state index contributed by atoms with van der Waals surface area (Å²) in [7, 11) is -2.11. The van der Waals surface area contributed by atoms with E-state index in [-0.39, 0.29) is 37.1 Å². The second-order valence-corrected chi connectivity index (χ2v) is 6.06. The summed E-state index contributed by atoms with van der Waals surface area (Å²) in [5, 5.41) is 0. The highest BCUT2D eigenvalue weighted by Gasteiger charge is 2.07. The lowest BCUT2D eigenvalue weighted by atomic mass is 10.8. The topological polar surface area (TPSA) is 86.2 Å². The maximum atomic E-state index is 10.8. The number of hydrogen-bond donors (Lipinski definition) is 2. The molecule has 0 saturated carbocycles. The summed E-state index contributed by atoms with van der Waals surface area (Å²) >= 11 is 0. The first-order valence-electron chi connectivity index (χ1n) is 2.89. The molecule has 0 aromatic rings. The Kier molecular flexibility index (Phi) is 15.3. The lowest BCUT2D eigenvalue weighted by Gasteiger charge is -1.98. The normalized spacial score (nSPS) is 9.83. The molecule has 0 aromatic heterocycles. The molecule has 4 N–H and O–H groups in total. The van der Waals surface area contributed by atoms with Crippen LogP contribution in [-0.4, -0.2) is 33.0 Å². The van der Waals surface area contributed by atoms with Crippen molar-refractivity contribution in [3.63, 3.8) is 0 Å². The highest BCUT2D eigenvalue weighted by molar-refractivity contribution is 8.72. The molecule has 0 aliphatic heterocycles. The fraction of sp³-hybridized carbons (Fsp3) is 1.00. The molecule has 0 heterocycles. The van der Waals surface area contributed by atoms with E-state index in [1.54, 1.807) is 0 Å². The molecule has 0 aliphatic carbocycles. The van der Waals surface area contributed by atoms with Gasteiger partial charge in [0, 0.05) is 18.8 Å². The maximum absolute atomic E-state index is 10.8. The van der Waals surface area contributed by atoms with Crippen LogP contribution in [0.2, 0.25) is 0 Å². The summed E-state index contributed by atoms with van der Waals surface area (Å²) in [6.07, 6.45) is 0. The van der Waals surface area contributed by atoms with E-state index in [4.69, 9.17) is 11.5 Å². The van der Waals surface area contributed by atoms with Crippen LogP contribution in [0.4, 0.5) is 0 Å². The third-order valence-corrected chi connectivity index (χ3v) is 4.32. The van der Waals surface area contributed by atoms with Crippen molar-refractivity contribution in [2.45, 2.75) is 0 Å². The summed E-state index contributed by atoms with van der Waals surface area (Å²) in [6, 6.07) is 0. The van der Waals surface area contributed by atoms with E-state index in [0.717, 1.165) is 10.8 Å². The van der Waals surface area contributed by atoms with E-state index in [1.165, 1.54) is 0 Å². The van der Waals surface area contributed by atoms with Crippen LogP contribution >= 0.6 is 35.6 Å². The minimum absolute atomic E-state index is 0. The van der Waals surface area contributed by atoms with Gasteiger partial charge in [-0.05, 0) is 10.8 Å². The van der Waals surface area contributed by atoms with Crippen LogP contribution in [0.3, 0.4) is 0 Å². The van der Waals surface area contributed by atoms with Gasteiger partial charge in [0.15, 0.2) is 0 Å². The fourth-order valence-electron chi connectivity index (χ4n) is 0.378. The van der Waals surface area contributed by atoms with Crippen LogP contribution in [0.25, 0.3) is 0 Å². The van der Waals surface area contributed by atoms with Crippen molar-refractivity contribution in [3.05, 3.63) is 0 Å². The summed E-state index contributed by atoms with van der Waals surface area (Å²) in [5.41, 5.74) is 10.2. The number of hydrogen-bond acceptors (Lipinski definition) is 5. The first-order chi connectivity index (χ1) is 4.62. The molecule has 4 nitrogen and oxygen atoms in total. The third-order valence-electron chi connectivity index (χ3n) is 0.749. The van der Waals surface area contributed by atoms with E-state index < -0.39 is 8.87 Å². The summed E-state index contributed by atoms with van der Waals surface area (Å²) in [4.78, 5) is 0. The molecule has 78 valence electrons. The number of nitrogens with two attached hydrogens (primary N) is 2. The van der Waals surface area contributed by atoms with Gasteiger partial charge < -0.3 is 11.5 Å². The molecule has 0 amide bonds. The Labute approximate surface area is 89.0 Å². The fourth-order valence-corrected chi connectivity index (χ4v) is 2.83. The van der Waals surface area contributed by atoms with Crippen LogP contribution in [0.5, 0.6) is 0 Å². The first-order valence-corrected chi connectivity index (χ1v) is 6.05. The Hall–Kier alpha value is 0.800. The lowest BCUT2D eigenvalue weighted by molar-refractivity contribution is 0.610. The standard InChI is InChI=1S/C4H12N2O2S2.2ClH/c5-1-3-9-10(7,8)4-2-6;;/h1-6H2;2*1H. The minimum atomic E-state index is -2.98. The van der Waals surface area contributed by atoms with Gasteiger partial charge >= 0.3 is 0 Å². The average Bonchev–Trinajstić information content (AvgIpc) is 1.84. The van der Waals surface area contributed by atoms with Crippen molar-refractivity contribution in [2.75, 3.05) is 24.6 Å². The van der Waals surface area contributed by atoms with Crippen molar-refractivity contribution in [1.29, 1.82) is 0 Å². The third kappa shape index (κ3) is 10.8. The molecule has 0 aromatic carbocycles. The molecule has 0 aliphatic rings. The zero-order valence-electron chi connectivity index (χ0n) is 6.43. The predicted octanol–water partition coefficient (Wildman–Crippen LogP) is -0.190. The maximum Gasteiger partial charge on any atom is 0.202 e. The molecule has 0 spiro atoms. The lowest BCUT2D eigenvalue weighted by Crippen LogP contribution is -2.14. The van der Waals surface area contributed by atoms with Gasteiger partial charge in [-0.2, -0.15) is 0 Å². The monoisotopic (exact) mass is 256 g/mol. The molecule has 0 unspecified atom stereocenters. The highest BCUT2D eigenvalue weighted by atomic mass is 35.5. The van der Waals surface area contributed by atoms with Gasteiger partial charge in [-0.3, -0.25) is 0 Å². The zero-order chi connectivity index (χ0) is 8.04. The Morgan fingerprint density at radius 2 is 1.58 bits per heavy atom. The van der Waals surface area contributed by atoms with Gasteiger partial charge in [-0.15, -0.1) is 24.8 Å². The summed E-state index contributed by atoms with van der Waals surface area (Å²) in [6.45, 7) is 0.564. The minimum Gasteiger partial charge on any atom is -0.330 e. The molecular formula is C4H14Cl2N2O2S2. The van der Waals surface area contributed by atoms with Gasteiger partial charge in [-0.25, -0.2) is 8.42 Å². The Balaban J connectivity index is -0.000000405. The van der Waals surface area contributed by atoms with E-state index in [1.807, 2.05) is 0 Å². The van der Waals surface area contributed by atoms with E-state index in [9.17, 15) is 8.42 Å². The SMILES string of the molecule is Cl.Cl.NCCSS(=O)(=O)CCN. The number of rotatable bonds is 5. The molecule has 8 heteroatoms.